The van der Waals surface area contributed by atoms with E-state index in [2.05, 4.69) is 0 Å². The minimum absolute atomic E-state index is 0.0694. The standard InChI is InChI=1S/C27H27NO5S/c1-5-12-33-21-10-9-18(14-17(21)3)24(29)22-23(26-16(2)11-13-34-26)28(27(31)25(22)30)19-7-6-8-20(15-19)32-4/h6-11,13-15,23,29H,5,12H2,1-4H3/b24-22-. The third-order valence-corrected chi connectivity index (χ3v) is 6.91. The summed E-state index contributed by atoms with van der Waals surface area (Å²) >= 11 is 1.45. The first-order valence-corrected chi connectivity index (χ1v) is 12.0. The summed E-state index contributed by atoms with van der Waals surface area (Å²) in [5, 5.41) is 13.3. The summed E-state index contributed by atoms with van der Waals surface area (Å²) < 4.78 is 11.1. The van der Waals surface area contributed by atoms with E-state index in [1.165, 1.54) is 16.2 Å². The van der Waals surface area contributed by atoms with Crippen molar-refractivity contribution in [2.75, 3.05) is 18.6 Å². The van der Waals surface area contributed by atoms with Gasteiger partial charge in [0.05, 0.1) is 19.3 Å². The molecule has 2 heterocycles. The summed E-state index contributed by atoms with van der Waals surface area (Å²) in [4.78, 5) is 28.9. The Kier molecular flexibility index (Phi) is 6.75. The highest BCUT2D eigenvalue weighted by molar-refractivity contribution is 7.10. The smallest absolute Gasteiger partial charge is 0.300 e. The highest BCUT2D eigenvalue weighted by Gasteiger charge is 2.48. The first-order chi connectivity index (χ1) is 16.4. The van der Waals surface area contributed by atoms with Gasteiger partial charge in [-0.3, -0.25) is 14.5 Å². The minimum Gasteiger partial charge on any atom is -0.507 e. The Bertz CT molecular complexity index is 1280. The van der Waals surface area contributed by atoms with E-state index in [-0.39, 0.29) is 11.3 Å². The fourth-order valence-electron chi connectivity index (χ4n) is 4.10. The second-order valence-electron chi connectivity index (χ2n) is 8.17. The van der Waals surface area contributed by atoms with E-state index in [9.17, 15) is 14.7 Å². The molecule has 1 atom stereocenters. The molecule has 1 amide bonds. The molecular weight excluding hydrogens is 450 g/mol. The summed E-state index contributed by atoms with van der Waals surface area (Å²) in [5.74, 6) is -0.318. The predicted molar refractivity (Wildman–Crippen MR) is 134 cm³/mol. The van der Waals surface area contributed by atoms with Crippen molar-refractivity contribution in [2.24, 2.45) is 0 Å². The van der Waals surface area contributed by atoms with E-state index in [4.69, 9.17) is 9.47 Å². The number of aliphatic hydroxyl groups is 1. The summed E-state index contributed by atoms with van der Waals surface area (Å²) in [7, 11) is 1.55. The van der Waals surface area contributed by atoms with Gasteiger partial charge in [-0.05, 0) is 73.2 Å². The number of hydrogen-bond donors (Lipinski definition) is 1. The zero-order chi connectivity index (χ0) is 24.4. The molecule has 0 spiro atoms. The van der Waals surface area contributed by atoms with Crippen LogP contribution in [0.1, 0.15) is 41.0 Å². The van der Waals surface area contributed by atoms with Gasteiger partial charge in [-0.2, -0.15) is 0 Å². The van der Waals surface area contributed by atoms with Gasteiger partial charge in [0.2, 0.25) is 0 Å². The molecule has 1 N–H and O–H groups in total. The predicted octanol–water partition coefficient (Wildman–Crippen LogP) is 5.79. The number of carbonyl (C=O) groups is 2. The molecule has 6 nitrogen and oxygen atoms in total. The lowest BCUT2D eigenvalue weighted by molar-refractivity contribution is -0.132. The van der Waals surface area contributed by atoms with Crippen LogP contribution in [0.15, 0.2) is 59.5 Å². The molecule has 2 aromatic carbocycles. The molecule has 0 saturated carbocycles. The molecule has 0 radical (unpaired) electrons. The number of ketones is 1. The number of nitrogens with zero attached hydrogens (tertiary/aromatic N) is 1. The summed E-state index contributed by atoms with van der Waals surface area (Å²) in [6, 6.07) is 13.5. The monoisotopic (exact) mass is 477 g/mol. The number of anilines is 1. The van der Waals surface area contributed by atoms with Crippen LogP contribution in [-0.2, 0) is 9.59 Å². The maximum Gasteiger partial charge on any atom is 0.300 e. The van der Waals surface area contributed by atoms with Crippen LogP contribution >= 0.6 is 11.3 Å². The maximum absolute atomic E-state index is 13.3. The van der Waals surface area contributed by atoms with Crippen molar-refractivity contribution in [1.82, 2.24) is 0 Å². The molecule has 4 rings (SSSR count). The van der Waals surface area contributed by atoms with Crippen molar-refractivity contribution in [1.29, 1.82) is 0 Å². The fourth-order valence-corrected chi connectivity index (χ4v) is 5.12. The van der Waals surface area contributed by atoms with E-state index >= 15 is 0 Å². The van der Waals surface area contributed by atoms with Crippen LogP contribution in [0.4, 0.5) is 5.69 Å². The summed E-state index contributed by atoms with van der Waals surface area (Å²) in [5.41, 5.74) is 2.83. The quantitative estimate of drug-likeness (QED) is 0.265. The SMILES string of the molecule is CCCOc1ccc(/C(O)=C2/C(=O)C(=O)N(c3cccc(OC)c3)C2c2sccc2C)cc1C. The lowest BCUT2D eigenvalue weighted by Gasteiger charge is -2.25. The zero-order valence-corrected chi connectivity index (χ0v) is 20.4. The van der Waals surface area contributed by atoms with Gasteiger partial charge in [0.25, 0.3) is 11.7 Å². The Balaban J connectivity index is 1.87. The van der Waals surface area contributed by atoms with Gasteiger partial charge in [0.15, 0.2) is 0 Å². The normalized spacial score (nSPS) is 17.3. The van der Waals surface area contributed by atoms with E-state index in [0.29, 0.717) is 23.6 Å². The van der Waals surface area contributed by atoms with Crippen molar-refractivity contribution < 1.29 is 24.2 Å². The number of aryl methyl sites for hydroxylation is 2. The maximum atomic E-state index is 13.3. The number of amides is 1. The average molecular weight is 478 g/mol. The van der Waals surface area contributed by atoms with Crippen molar-refractivity contribution >= 4 is 34.5 Å². The number of hydrogen-bond acceptors (Lipinski definition) is 6. The van der Waals surface area contributed by atoms with Crippen molar-refractivity contribution in [2.45, 2.75) is 33.2 Å². The Morgan fingerprint density at radius 1 is 1.09 bits per heavy atom. The first kappa shape index (κ1) is 23.6. The molecule has 0 aliphatic carbocycles. The second-order valence-corrected chi connectivity index (χ2v) is 9.11. The molecule has 7 heteroatoms. The van der Waals surface area contributed by atoms with Crippen LogP contribution in [0, 0.1) is 13.8 Å². The van der Waals surface area contributed by atoms with Crippen LogP contribution in [0.5, 0.6) is 11.5 Å². The molecule has 3 aromatic rings. The number of benzene rings is 2. The number of ether oxygens (including phenoxy) is 2. The van der Waals surface area contributed by atoms with Crippen LogP contribution in [-0.4, -0.2) is 30.5 Å². The van der Waals surface area contributed by atoms with Gasteiger partial charge in [-0.1, -0.05) is 13.0 Å². The van der Waals surface area contributed by atoms with Crippen molar-refractivity contribution in [3.8, 4) is 11.5 Å². The second kappa shape index (κ2) is 9.73. The van der Waals surface area contributed by atoms with E-state index in [1.807, 2.05) is 32.2 Å². The molecule has 176 valence electrons. The number of Topliss-reactive ketones (excluding diaryl/α,β-unsaturated/α-hetero) is 1. The summed E-state index contributed by atoms with van der Waals surface area (Å²) in [6.07, 6.45) is 0.884. The van der Waals surface area contributed by atoms with Gasteiger partial charge >= 0.3 is 0 Å². The summed E-state index contributed by atoms with van der Waals surface area (Å²) in [6.45, 7) is 6.44. The molecule has 1 unspecified atom stereocenters. The van der Waals surface area contributed by atoms with Crippen LogP contribution in [0.2, 0.25) is 0 Å². The Morgan fingerprint density at radius 2 is 1.88 bits per heavy atom. The highest BCUT2D eigenvalue weighted by atomic mass is 32.1. The molecule has 1 saturated heterocycles. The lowest BCUT2D eigenvalue weighted by Crippen LogP contribution is -2.29. The average Bonchev–Trinajstić information content (AvgIpc) is 3.37. The van der Waals surface area contributed by atoms with Gasteiger partial charge in [0.1, 0.15) is 23.3 Å². The topological polar surface area (TPSA) is 76.1 Å². The number of carbonyl (C=O) groups excluding carboxylic acids is 2. The molecule has 1 aromatic heterocycles. The van der Waals surface area contributed by atoms with Crippen LogP contribution < -0.4 is 14.4 Å². The van der Waals surface area contributed by atoms with E-state index in [1.54, 1.807) is 49.6 Å². The van der Waals surface area contributed by atoms with Gasteiger partial charge in [-0.15, -0.1) is 11.3 Å². The molecular formula is C27H27NO5S. The van der Waals surface area contributed by atoms with E-state index in [0.717, 1.165) is 28.2 Å². The number of rotatable bonds is 7. The van der Waals surface area contributed by atoms with Crippen molar-refractivity contribution in [3.63, 3.8) is 0 Å². The van der Waals surface area contributed by atoms with Gasteiger partial charge in [0, 0.05) is 22.2 Å². The van der Waals surface area contributed by atoms with Crippen LogP contribution in [0.3, 0.4) is 0 Å². The minimum atomic E-state index is -0.747. The Hall–Kier alpha value is -3.58. The Labute approximate surface area is 203 Å². The molecule has 1 aliphatic rings. The van der Waals surface area contributed by atoms with E-state index < -0.39 is 17.7 Å². The number of thiophene rings is 1. The molecule has 1 fully saturated rings. The molecule has 1 aliphatic heterocycles. The Morgan fingerprint density at radius 3 is 2.53 bits per heavy atom. The zero-order valence-electron chi connectivity index (χ0n) is 19.6. The molecule has 0 bridgehead atoms. The largest absolute Gasteiger partial charge is 0.507 e. The van der Waals surface area contributed by atoms with Crippen molar-refractivity contribution in [3.05, 3.63) is 81.1 Å². The van der Waals surface area contributed by atoms with Gasteiger partial charge in [-0.25, -0.2) is 0 Å². The first-order valence-electron chi connectivity index (χ1n) is 11.1. The fraction of sp³-hybridized carbons (Fsp3) is 0.259. The third-order valence-electron chi connectivity index (χ3n) is 5.84. The third kappa shape index (κ3) is 4.19. The van der Waals surface area contributed by atoms with Gasteiger partial charge < -0.3 is 14.6 Å². The van der Waals surface area contributed by atoms with Crippen LogP contribution in [0.25, 0.3) is 5.76 Å². The number of aliphatic hydroxyl groups excluding tert-OH is 1. The number of methoxy groups -OCH3 is 1. The molecule has 34 heavy (non-hydrogen) atoms. The lowest BCUT2D eigenvalue weighted by atomic mass is 9.97. The highest BCUT2D eigenvalue weighted by Crippen LogP contribution is 2.45.